The van der Waals surface area contributed by atoms with Crippen molar-refractivity contribution in [2.75, 3.05) is 19.8 Å². The number of rotatable bonds is 30. The fourth-order valence-electron chi connectivity index (χ4n) is 4.44. The quantitative estimate of drug-likeness (QED) is 0.0530. The first-order valence-corrected chi connectivity index (χ1v) is 17.2. The van der Waals surface area contributed by atoms with Gasteiger partial charge in [0.25, 0.3) is 0 Å². The number of hydrogen-bond acceptors (Lipinski definition) is 3. The molecule has 0 atom stereocenters. The van der Waals surface area contributed by atoms with Crippen LogP contribution in [-0.2, 0) is 14.0 Å². The van der Waals surface area contributed by atoms with Crippen LogP contribution in [0.3, 0.4) is 0 Å². The van der Waals surface area contributed by atoms with Crippen molar-refractivity contribution in [3.63, 3.8) is 0 Å². The minimum Gasteiger partial charge on any atom is -0.379 e. The van der Waals surface area contributed by atoms with Crippen LogP contribution in [0.5, 0.6) is 0 Å². The zero-order valence-corrected chi connectivity index (χ0v) is 34.3. The molecule has 0 aliphatic rings. The molecule has 0 fully saturated rings. The van der Waals surface area contributed by atoms with Crippen molar-refractivity contribution < 1.29 is 225 Å². The molecule has 0 N–H and O–H groups in total. The molecule has 0 rings (SSSR count). The third kappa shape index (κ3) is 10.4. The second-order valence-electron chi connectivity index (χ2n) is 14.7. The predicted molar refractivity (Wildman–Crippen MR) is 146 cm³/mol. The van der Waals surface area contributed by atoms with E-state index < -0.39 is 171 Å². The summed E-state index contributed by atoms with van der Waals surface area (Å²) in [6.45, 7) is -15.4. The van der Waals surface area contributed by atoms with Gasteiger partial charge in [0.15, 0.2) is 0 Å². The Labute approximate surface area is 396 Å². The van der Waals surface area contributed by atoms with E-state index in [2.05, 4.69) is 14.0 Å². The lowest BCUT2D eigenvalue weighted by atomic mass is 9.89. The van der Waals surface area contributed by atoms with E-state index in [1.165, 1.54) is 0 Å². The van der Waals surface area contributed by atoms with E-state index in [1.807, 2.05) is 0 Å². The normalized spacial score (nSPS) is 16.7. The van der Waals surface area contributed by atoms with Crippen LogP contribution in [0.4, 0.5) is 211 Å². The molecule has 0 unspecified atom stereocenters. The van der Waals surface area contributed by atoms with Gasteiger partial charge >= 0.3 is 151 Å². The molecule has 0 bridgehead atoms. The Balaban J connectivity index is 8.05. The van der Waals surface area contributed by atoms with Gasteiger partial charge in [-0.05, 0) is 0 Å². The third-order valence-electron chi connectivity index (χ3n) is 9.39. The molecule has 0 aliphatic heterocycles. The Kier molecular flexibility index (Phi) is 19.6. The van der Waals surface area contributed by atoms with E-state index in [9.17, 15) is 211 Å². The largest absolute Gasteiger partial charge is 0.640 e. The monoisotopic (exact) mass is 1300 g/mol. The first kappa shape index (κ1) is 75.6. The van der Waals surface area contributed by atoms with Gasteiger partial charge in [-0.25, -0.2) is 26.3 Å². The van der Waals surface area contributed by atoms with E-state index in [-0.39, 0.29) is 0 Å². The molecular weight excluding hydrogens is 1300 g/mol. The van der Waals surface area contributed by atoms with Gasteiger partial charge in [0.05, 0.1) is 0 Å². The van der Waals surface area contributed by atoms with Crippen LogP contribution >= 0.6 is 0 Å². The van der Waals surface area contributed by atoms with Crippen molar-refractivity contribution in [3.05, 3.63) is 0 Å². The molecule has 474 valence electrons. The third-order valence-corrected chi connectivity index (χ3v) is 9.39. The predicted octanol–water partition coefficient (Wildman–Crippen LogP) is 15.2. The summed E-state index contributed by atoms with van der Waals surface area (Å²) in [7, 11) is -5.95. The van der Waals surface area contributed by atoms with Crippen molar-refractivity contribution in [1.29, 1.82) is 0 Å². The highest BCUT2D eigenvalue weighted by molar-refractivity contribution is 6.36. The summed E-state index contributed by atoms with van der Waals surface area (Å²) < 4.78 is 661. The summed E-state index contributed by atoms with van der Waals surface area (Å²) in [5, 5.41) is 0. The van der Waals surface area contributed by atoms with Gasteiger partial charge in [-0.3, -0.25) is 0 Å². The Morgan fingerprint density at radius 3 is 0.430 bits per heavy atom. The molecule has 79 heavy (non-hydrogen) atoms. The Morgan fingerprint density at radius 1 is 0.190 bits per heavy atom. The van der Waals surface area contributed by atoms with Gasteiger partial charge in [-0.15, -0.1) is 0 Å². The van der Waals surface area contributed by atoms with Crippen LogP contribution < -0.4 is 0 Å². The summed E-state index contributed by atoms with van der Waals surface area (Å²) in [5.74, 6) is -190. The van der Waals surface area contributed by atoms with Crippen molar-refractivity contribution >= 4 is 7.32 Å². The van der Waals surface area contributed by atoms with Crippen molar-refractivity contribution in [3.8, 4) is 0 Å². The molecule has 0 amide bonds. The van der Waals surface area contributed by atoms with Crippen LogP contribution in [0.15, 0.2) is 0 Å². The average molecular weight is 1300 g/mol. The highest BCUT2D eigenvalue weighted by atomic mass is 19.4. The molecule has 0 spiro atoms. The maximum absolute atomic E-state index is 14.4. The van der Waals surface area contributed by atoms with E-state index in [0.717, 1.165) is 0 Å². The molecule has 0 aromatic carbocycles. The second kappa shape index (κ2) is 20.4. The zero-order chi connectivity index (χ0) is 65.1. The van der Waals surface area contributed by atoms with Gasteiger partial charge in [-0.1, -0.05) is 0 Å². The summed E-state index contributed by atoms with van der Waals surface area (Å²) in [4.78, 5) is 0. The highest BCUT2D eigenvalue weighted by Gasteiger charge is 2.97. The first-order chi connectivity index (χ1) is 33.6. The lowest BCUT2D eigenvalue weighted by Gasteiger charge is -2.43. The average Bonchev–Trinajstić information content (AvgIpc) is 3.24. The van der Waals surface area contributed by atoms with Crippen molar-refractivity contribution in [2.24, 2.45) is 0 Å². The van der Waals surface area contributed by atoms with Gasteiger partial charge in [0.2, 0.25) is 0 Å². The summed E-state index contributed by atoms with van der Waals surface area (Å²) >= 11 is 0. The first-order valence-electron chi connectivity index (χ1n) is 17.2. The van der Waals surface area contributed by atoms with E-state index in [0.29, 0.717) is 0 Å². The van der Waals surface area contributed by atoms with Crippen LogP contribution in [0, 0.1) is 0 Å². The summed E-state index contributed by atoms with van der Waals surface area (Å²) in [6, 6.07) is 0. The fourth-order valence-corrected chi connectivity index (χ4v) is 4.44. The van der Waals surface area contributed by atoms with E-state index in [1.54, 1.807) is 0 Å². The molecule has 0 aliphatic carbocycles. The lowest BCUT2D eigenvalue weighted by molar-refractivity contribution is -0.448. The van der Waals surface area contributed by atoms with Crippen LogP contribution in [0.25, 0.3) is 0 Å². The standard InChI is InChI=1S/C27H9BF48O3/c29-4(30)10(41,42)16(53,54)22(65,66)25(71,72)19(59,60)13(47,48)7(35,36)1-77-28(78-2-8(37,38)14(49,50)20(61,62)26(73,74)23(67,68)17(55,56)11(43,44)5(31)32)79-3-9(39,40)15(51,52)21(63,64)27(75,76)24(69,70)18(57,58)12(45,46)6(33)34/h4-6H,1-3H2. The topological polar surface area (TPSA) is 27.7 Å². The molecular formula is C27H9BF48O3. The van der Waals surface area contributed by atoms with Crippen molar-refractivity contribution in [1.82, 2.24) is 0 Å². The molecule has 3 nitrogen and oxygen atoms in total. The highest BCUT2D eigenvalue weighted by Crippen LogP contribution is 2.66. The maximum atomic E-state index is 14.4. The van der Waals surface area contributed by atoms with E-state index in [4.69, 9.17) is 0 Å². The van der Waals surface area contributed by atoms with Crippen LogP contribution in [0.2, 0.25) is 0 Å². The van der Waals surface area contributed by atoms with Gasteiger partial charge in [0, 0.05) is 0 Å². The second-order valence-corrected chi connectivity index (χ2v) is 14.7. The number of alkyl halides is 48. The van der Waals surface area contributed by atoms with Crippen molar-refractivity contribution in [2.45, 2.75) is 144 Å². The number of hydrogen-bond donors (Lipinski definition) is 0. The molecule has 0 saturated carbocycles. The fraction of sp³-hybridized carbons (Fsp3) is 1.00. The minimum atomic E-state index is -9.53. The Hall–Kier alpha value is -3.42. The summed E-state index contributed by atoms with van der Waals surface area (Å²) in [6.07, 6.45) is -19.6. The van der Waals surface area contributed by atoms with Gasteiger partial charge in [-0.2, -0.15) is 184 Å². The lowest BCUT2D eigenvalue weighted by Crippen LogP contribution is -2.74. The molecule has 0 radical (unpaired) electrons. The Bertz CT molecular complexity index is 1840. The van der Waals surface area contributed by atoms with Gasteiger partial charge in [0.1, 0.15) is 19.8 Å². The molecule has 0 aromatic heterocycles. The van der Waals surface area contributed by atoms with Crippen LogP contribution in [0.1, 0.15) is 0 Å². The summed E-state index contributed by atoms with van der Waals surface area (Å²) in [5.41, 5.74) is 0. The molecule has 52 heteroatoms. The molecule has 0 saturated heterocycles. The van der Waals surface area contributed by atoms with E-state index >= 15 is 0 Å². The minimum absolute atomic E-state index is 2.40. The SMILES string of the molecule is FC(F)C(F)(F)C(F)(F)C(F)(F)C(F)(F)C(F)(F)C(F)(F)C(F)(F)COB(OCC(F)(F)C(F)(F)C(F)(F)C(F)(F)C(F)(F)C(F)(F)C(F)(F)C(F)F)OCC(F)(F)C(F)(F)C(F)(F)C(F)(F)C(F)(F)C(F)(F)C(F)(F)C(F)F. The van der Waals surface area contributed by atoms with Gasteiger partial charge < -0.3 is 14.0 Å². The van der Waals surface area contributed by atoms with Crippen LogP contribution in [-0.4, -0.2) is 171 Å². The maximum Gasteiger partial charge on any atom is 0.640 e. The Morgan fingerprint density at radius 2 is 0.304 bits per heavy atom. The molecule has 0 heterocycles. The smallest absolute Gasteiger partial charge is 0.379 e. The molecule has 0 aromatic rings. The zero-order valence-electron chi connectivity index (χ0n) is 34.3. The number of halogens is 48.